The van der Waals surface area contributed by atoms with Crippen LogP contribution in [0.3, 0.4) is 0 Å². The van der Waals surface area contributed by atoms with E-state index in [1.54, 1.807) is 4.90 Å². The van der Waals surface area contributed by atoms with E-state index in [4.69, 9.17) is 0 Å². The molecule has 1 heterocycles. The number of hydrogen-bond acceptors (Lipinski definition) is 5. The van der Waals surface area contributed by atoms with Gasteiger partial charge in [-0.3, -0.25) is 9.59 Å². The quantitative estimate of drug-likeness (QED) is 0.858. The van der Waals surface area contributed by atoms with Gasteiger partial charge in [-0.2, -0.15) is 0 Å². The Morgan fingerprint density at radius 3 is 2.21 bits per heavy atom. The molecular weight excluding hydrogens is 306 g/mol. The summed E-state index contributed by atoms with van der Waals surface area (Å²) in [6.45, 7) is 2.47. The van der Waals surface area contributed by atoms with Gasteiger partial charge in [0, 0.05) is 32.9 Å². The maximum absolute atomic E-state index is 12.4. The van der Waals surface area contributed by atoms with Crippen LogP contribution in [0, 0.1) is 0 Å². The van der Waals surface area contributed by atoms with Crippen LogP contribution in [-0.4, -0.2) is 67.9 Å². The predicted octanol–water partition coefficient (Wildman–Crippen LogP) is 1.60. The molecule has 0 saturated heterocycles. The van der Waals surface area contributed by atoms with Gasteiger partial charge in [0.05, 0.1) is 11.6 Å². The van der Waals surface area contributed by atoms with Crippen molar-refractivity contribution in [1.29, 1.82) is 0 Å². The van der Waals surface area contributed by atoms with Gasteiger partial charge in [-0.05, 0) is 38.7 Å². The number of likely N-dealkylation sites (N-methyl/N-ethyl adjacent to an activating group) is 1. The zero-order valence-electron chi connectivity index (χ0n) is 14.9. The molecule has 24 heavy (non-hydrogen) atoms. The largest absolute Gasteiger partial charge is 0.503 e. The van der Waals surface area contributed by atoms with E-state index in [0.717, 1.165) is 11.3 Å². The fourth-order valence-corrected chi connectivity index (χ4v) is 2.85. The summed E-state index contributed by atoms with van der Waals surface area (Å²) in [4.78, 5) is 30.0. The van der Waals surface area contributed by atoms with Crippen molar-refractivity contribution >= 4 is 17.4 Å². The van der Waals surface area contributed by atoms with E-state index in [9.17, 15) is 14.7 Å². The number of amides is 1. The number of carbonyl (C=O) groups is 2. The monoisotopic (exact) mass is 331 g/mol. The van der Waals surface area contributed by atoms with Crippen molar-refractivity contribution in [1.82, 2.24) is 9.80 Å². The number of Topliss-reactive ketones (excluding diaryl/α,β-unsaturated/α-hetero) is 1. The maximum Gasteiger partial charge on any atom is 0.290 e. The number of anilines is 1. The highest BCUT2D eigenvalue weighted by Gasteiger charge is 2.42. The molecule has 1 aliphatic rings. The predicted molar refractivity (Wildman–Crippen MR) is 94.1 cm³/mol. The van der Waals surface area contributed by atoms with Gasteiger partial charge >= 0.3 is 0 Å². The SMILES string of the molecule is CC(=O)C1=C(O)C(=O)N(CCN(C)C)[C@@H]1c1ccc(N(C)C)cc1. The molecule has 6 nitrogen and oxygen atoms in total. The van der Waals surface area contributed by atoms with Gasteiger partial charge in [0.1, 0.15) is 0 Å². The average molecular weight is 331 g/mol. The lowest BCUT2D eigenvalue weighted by atomic mass is 9.96. The number of aliphatic hydroxyl groups excluding tert-OH is 1. The highest BCUT2D eigenvalue weighted by Crippen LogP contribution is 2.37. The summed E-state index contributed by atoms with van der Waals surface area (Å²) in [5, 5.41) is 10.2. The number of benzene rings is 1. The molecule has 0 unspecified atom stereocenters. The summed E-state index contributed by atoms with van der Waals surface area (Å²) < 4.78 is 0. The molecule has 0 aliphatic carbocycles. The van der Waals surface area contributed by atoms with Crippen LogP contribution in [0.1, 0.15) is 18.5 Å². The summed E-state index contributed by atoms with van der Waals surface area (Å²) >= 11 is 0. The second-order valence-corrected chi connectivity index (χ2v) is 6.51. The van der Waals surface area contributed by atoms with Crippen LogP contribution in [0.25, 0.3) is 0 Å². The van der Waals surface area contributed by atoms with Crippen molar-refractivity contribution < 1.29 is 14.7 Å². The van der Waals surface area contributed by atoms with Crippen LogP contribution in [0.4, 0.5) is 5.69 Å². The highest BCUT2D eigenvalue weighted by molar-refractivity contribution is 6.08. The molecular formula is C18H25N3O3. The standard InChI is InChI=1S/C18H25N3O3/c1-12(22)15-16(13-6-8-14(9-7-13)20(4)5)21(11-10-19(2)3)18(24)17(15)23/h6-9,16,23H,10-11H2,1-5H3/t16-/m1/s1. The van der Waals surface area contributed by atoms with Gasteiger partial charge in [0.2, 0.25) is 0 Å². The fraction of sp³-hybridized carbons (Fsp3) is 0.444. The molecule has 1 N–H and O–H groups in total. The molecule has 1 aromatic rings. The molecule has 1 aromatic carbocycles. The van der Waals surface area contributed by atoms with Crippen molar-refractivity contribution in [3.8, 4) is 0 Å². The zero-order chi connectivity index (χ0) is 18.0. The molecule has 0 aromatic heterocycles. The molecule has 1 atom stereocenters. The minimum atomic E-state index is -0.536. The molecule has 0 spiro atoms. The van der Waals surface area contributed by atoms with Crippen molar-refractivity contribution in [3.63, 3.8) is 0 Å². The summed E-state index contributed by atoms with van der Waals surface area (Å²) in [5.74, 6) is -1.19. The van der Waals surface area contributed by atoms with E-state index >= 15 is 0 Å². The van der Waals surface area contributed by atoms with Gasteiger partial charge in [-0.25, -0.2) is 0 Å². The number of ketones is 1. The van der Waals surface area contributed by atoms with E-state index in [1.165, 1.54) is 6.92 Å². The van der Waals surface area contributed by atoms with Crippen molar-refractivity contribution in [2.75, 3.05) is 46.2 Å². The molecule has 0 bridgehead atoms. The minimum Gasteiger partial charge on any atom is -0.503 e. The third-order valence-corrected chi connectivity index (χ3v) is 4.20. The Balaban J connectivity index is 2.42. The van der Waals surface area contributed by atoms with Gasteiger partial charge < -0.3 is 19.8 Å². The molecule has 0 fully saturated rings. The molecule has 6 heteroatoms. The van der Waals surface area contributed by atoms with E-state index in [1.807, 2.05) is 62.3 Å². The number of nitrogens with zero attached hydrogens (tertiary/aromatic N) is 3. The van der Waals surface area contributed by atoms with E-state index < -0.39 is 17.7 Å². The number of aliphatic hydroxyl groups is 1. The summed E-state index contributed by atoms with van der Waals surface area (Å²) in [6.07, 6.45) is 0. The lowest BCUT2D eigenvalue weighted by Crippen LogP contribution is -2.36. The maximum atomic E-state index is 12.4. The Morgan fingerprint density at radius 1 is 1.17 bits per heavy atom. The fourth-order valence-electron chi connectivity index (χ4n) is 2.85. The third kappa shape index (κ3) is 3.43. The first-order valence-electron chi connectivity index (χ1n) is 7.91. The van der Waals surface area contributed by atoms with Gasteiger partial charge in [-0.15, -0.1) is 0 Å². The lowest BCUT2D eigenvalue weighted by Gasteiger charge is -2.28. The Labute approximate surface area is 143 Å². The van der Waals surface area contributed by atoms with Crippen LogP contribution in [0.15, 0.2) is 35.6 Å². The number of carbonyl (C=O) groups excluding carboxylic acids is 2. The highest BCUT2D eigenvalue weighted by atomic mass is 16.3. The van der Waals surface area contributed by atoms with Gasteiger partial charge in [0.25, 0.3) is 5.91 Å². The third-order valence-electron chi connectivity index (χ3n) is 4.20. The summed E-state index contributed by atoms with van der Waals surface area (Å²) in [7, 11) is 7.73. The van der Waals surface area contributed by atoms with Crippen LogP contribution >= 0.6 is 0 Å². The number of rotatable bonds is 6. The van der Waals surface area contributed by atoms with Crippen LogP contribution in [0.5, 0.6) is 0 Å². The molecule has 1 amide bonds. The smallest absolute Gasteiger partial charge is 0.290 e. The van der Waals surface area contributed by atoms with Crippen LogP contribution in [-0.2, 0) is 9.59 Å². The van der Waals surface area contributed by atoms with E-state index in [2.05, 4.69) is 0 Å². The first-order valence-corrected chi connectivity index (χ1v) is 7.91. The lowest BCUT2D eigenvalue weighted by molar-refractivity contribution is -0.129. The summed E-state index contributed by atoms with van der Waals surface area (Å²) in [6, 6.07) is 7.15. The Morgan fingerprint density at radius 2 is 1.75 bits per heavy atom. The minimum absolute atomic E-state index is 0.177. The van der Waals surface area contributed by atoms with E-state index in [-0.39, 0.29) is 11.4 Å². The zero-order valence-corrected chi connectivity index (χ0v) is 14.9. The molecule has 130 valence electrons. The average Bonchev–Trinajstić information content (AvgIpc) is 2.77. The Kier molecular flexibility index (Phi) is 5.29. The summed E-state index contributed by atoms with van der Waals surface area (Å²) in [5.41, 5.74) is 2.03. The molecule has 2 rings (SSSR count). The van der Waals surface area contributed by atoms with Gasteiger partial charge in [0.15, 0.2) is 11.5 Å². The van der Waals surface area contributed by atoms with E-state index in [0.29, 0.717) is 13.1 Å². The Hall–Kier alpha value is -2.34. The van der Waals surface area contributed by atoms with Crippen molar-refractivity contribution in [3.05, 3.63) is 41.2 Å². The molecule has 0 radical (unpaired) electrons. The first-order chi connectivity index (χ1) is 11.2. The first kappa shape index (κ1) is 18.0. The topological polar surface area (TPSA) is 64.1 Å². The normalized spacial score (nSPS) is 17.8. The van der Waals surface area contributed by atoms with Crippen LogP contribution < -0.4 is 4.90 Å². The second kappa shape index (κ2) is 7.05. The molecule has 0 saturated carbocycles. The van der Waals surface area contributed by atoms with Gasteiger partial charge in [-0.1, -0.05) is 12.1 Å². The number of hydrogen-bond donors (Lipinski definition) is 1. The Bertz CT molecular complexity index is 663. The van der Waals surface area contributed by atoms with Crippen molar-refractivity contribution in [2.45, 2.75) is 13.0 Å². The van der Waals surface area contributed by atoms with Crippen LogP contribution in [0.2, 0.25) is 0 Å². The molecule has 1 aliphatic heterocycles. The van der Waals surface area contributed by atoms with Crippen molar-refractivity contribution in [2.24, 2.45) is 0 Å². The second-order valence-electron chi connectivity index (χ2n) is 6.51.